The maximum atomic E-state index is 14.6. The average Bonchev–Trinajstić information content (AvgIpc) is 2.91. The highest BCUT2D eigenvalue weighted by Gasteiger charge is 2.35. The van der Waals surface area contributed by atoms with Gasteiger partial charge in [0.05, 0.1) is 18.8 Å². The Morgan fingerprint density at radius 2 is 1.60 bits per heavy atom. The predicted octanol–water partition coefficient (Wildman–Crippen LogP) is 7.42. The SMILES string of the molecule is Nc1ccc(CCCCOC(=O)/C=C/c2ccc(OC(F)(F)c3ccc(OCCCC(F)(F)F)c(F)c3)cc2)c(N)c1. The molecule has 0 aliphatic heterocycles. The largest absolute Gasteiger partial charge is 0.491 e. The zero-order valence-corrected chi connectivity index (χ0v) is 22.4. The van der Waals surface area contributed by atoms with Crippen LogP contribution < -0.4 is 20.9 Å². The van der Waals surface area contributed by atoms with Gasteiger partial charge in [-0.1, -0.05) is 18.2 Å². The molecule has 0 fully saturated rings. The van der Waals surface area contributed by atoms with Crippen molar-refractivity contribution < 1.29 is 45.3 Å². The van der Waals surface area contributed by atoms with Gasteiger partial charge in [-0.15, -0.1) is 0 Å². The minimum Gasteiger partial charge on any atom is -0.491 e. The Labute approximate surface area is 238 Å². The molecular formula is C30H30F6N2O4. The molecule has 6 nitrogen and oxygen atoms in total. The van der Waals surface area contributed by atoms with Crippen molar-refractivity contribution in [3.8, 4) is 11.5 Å². The molecule has 0 saturated carbocycles. The highest BCUT2D eigenvalue weighted by atomic mass is 19.4. The first kappa shape index (κ1) is 32.2. The van der Waals surface area contributed by atoms with Crippen molar-refractivity contribution in [2.24, 2.45) is 0 Å². The Balaban J connectivity index is 1.43. The smallest absolute Gasteiger partial charge is 0.426 e. The molecule has 0 atom stereocenters. The summed E-state index contributed by atoms with van der Waals surface area (Å²) in [4.78, 5) is 12.0. The van der Waals surface area contributed by atoms with Crippen molar-refractivity contribution in [2.45, 2.75) is 44.4 Å². The van der Waals surface area contributed by atoms with Gasteiger partial charge in [-0.05, 0) is 85.4 Å². The molecule has 3 aromatic rings. The van der Waals surface area contributed by atoms with E-state index >= 15 is 0 Å². The Bertz CT molecular complexity index is 1360. The number of carbonyl (C=O) groups is 1. The van der Waals surface area contributed by atoms with Crippen molar-refractivity contribution in [3.63, 3.8) is 0 Å². The third-order valence-electron chi connectivity index (χ3n) is 5.92. The predicted molar refractivity (Wildman–Crippen MR) is 146 cm³/mol. The lowest BCUT2D eigenvalue weighted by Gasteiger charge is -2.19. The molecule has 0 aromatic heterocycles. The summed E-state index contributed by atoms with van der Waals surface area (Å²) in [5.74, 6) is -2.41. The van der Waals surface area contributed by atoms with Crippen molar-refractivity contribution in [3.05, 3.63) is 89.2 Å². The van der Waals surface area contributed by atoms with Gasteiger partial charge in [0, 0.05) is 23.9 Å². The second-order valence-corrected chi connectivity index (χ2v) is 9.32. The van der Waals surface area contributed by atoms with Crippen LogP contribution in [0.2, 0.25) is 0 Å². The van der Waals surface area contributed by atoms with Crippen LogP contribution in [0.25, 0.3) is 6.08 Å². The van der Waals surface area contributed by atoms with Gasteiger partial charge < -0.3 is 25.7 Å². The second-order valence-electron chi connectivity index (χ2n) is 9.32. The summed E-state index contributed by atoms with van der Waals surface area (Å²) < 4.78 is 94.8. The lowest BCUT2D eigenvalue weighted by molar-refractivity contribution is -0.185. The Hall–Kier alpha value is -4.35. The van der Waals surface area contributed by atoms with Gasteiger partial charge in [0.25, 0.3) is 0 Å². The van der Waals surface area contributed by atoms with E-state index in [0.717, 1.165) is 30.5 Å². The summed E-state index contributed by atoms with van der Waals surface area (Å²) >= 11 is 0. The van der Waals surface area contributed by atoms with Gasteiger partial charge in [0.2, 0.25) is 0 Å². The van der Waals surface area contributed by atoms with E-state index in [-0.39, 0.29) is 12.4 Å². The highest BCUT2D eigenvalue weighted by Crippen LogP contribution is 2.34. The van der Waals surface area contributed by atoms with Gasteiger partial charge >= 0.3 is 18.3 Å². The van der Waals surface area contributed by atoms with Gasteiger partial charge in [-0.3, -0.25) is 0 Å². The number of rotatable bonds is 14. The molecule has 12 heteroatoms. The Kier molecular flexibility index (Phi) is 11.1. The van der Waals surface area contributed by atoms with Crippen molar-refractivity contribution in [1.29, 1.82) is 0 Å². The summed E-state index contributed by atoms with van der Waals surface area (Å²) in [6.45, 7) is -0.214. The fourth-order valence-corrected chi connectivity index (χ4v) is 3.75. The number of ether oxygens (including phenoxy) is 3. The molecule has 3 rings (SSSR count). The first-order chi connectivity index (χ1) is 19.8. The molecule has 0 heterocycles. The van der Waals surface area contributed by atoms with Gasteiger partial charge in [0.1, 0.15) is 5.75 Å². The van der Waals surface area contributed by atoms with Crippen molar-refractivity contribution in [2.75, 3.05) is 24.7 Å². The molecule has 226 valence electrons. The molecule has 0 aliphatic carbocycles. The third-order valence-corrected chi connectivity index (χ3v) is 5.92. The van der Waals surface area contributed by atoms with E-state index in [2.05, 4.69) is 0 Å². The number of halogens is 6. The van der Waals surface area contributed by atoms with E-state index in [1.54, 1.807) is 12.1 Å². The normalized spacial score (nSPS) is 12.0. The van der Waals surface area contributed by atoms with E-state index in [0.29, 0.717) is 29.4 Å². The van der Waals surface area contributed by atoms with Gasteiger partial charge in [-0.2, -0.15) is 22.0 Å². The lowest BCUT2D eigenvalue weighted by atomic mass is 10.1. The number of hydrogen-bond acceptors (Lipinski definition) is 6. The third kappa shape index (κ3) is 10.6. The number of esters is 1. The highest BCUT2D eigenvalue weighted by molar-refractivity contribution is 5.87. The minimum absolute atomic E-state index is 0.214. The molecule has 0 bridgehead atoms. The monoisotopic (exact) mass is 596 g/mol. The Morgan fingerprint density at radius 3 is 2.26 bits per heavy atom. The van der Waals surface area contributed by atoms with Crippen LogP contribution >= 0.6 is 0 Å². The second kappa shape index (κ2) is 14.5. The summed E-state index contributed by atoms with van der Waals surface area (Å²) in [7, 11) is 0. The van der Waals surface area contributed by atoms with Gasteiger partial charge in [0.15, 0.2) is 11.6 Å². The average molecular weight is 597 g/mol. The molecule has 0 amide bonds. The summed E-state index contributed by atoms with van der Waals surface area (Å²) in [5, 5.41) is 0. The number of carbonyl (C=O) groups excluding carboxylic acids is 1. The number of alkyl halides is 5. The van der Waals surface area contributed by atoms with Crippen LogP contribution in [-0.4, -0.2) is 25.4 Å². The molecule has 42 heavy (non-hydrogen) atoms. The number of nitrogens with two attached hydrogens (primary N) is 2. The van der Waals surface area contributed by atoms with Crippen LogP contribution in [0, 0.1) is 5.82 Å². The van der Waals surface area contributed by atoms with E-state index in [1.807, 2.05) is 6.07 Å². The van der Waals surface area contributed by atoms with Gasteiger partial charge in [-0.25, -0.2) is 9.18 Å². The number of hydrogen-bond donors (Lipinski definition) is 2. The Morgan fingerprint density at radius 1 is 0.857 bits per heavy atom. The molecular weight excluding hydrogens is 566 g/mol. The molecule has 0 saturated heterocycles. The molecule has 0 spiro atoms. The molecule has 4 N–H and O–H groups in total. The number of benzene rings is 3. The number of aryl methyl sites for hydroxylation is 1. The molecule has 3 aromatic carbocycles. The van der Waals surface area contributed by atoms with E-state index in [1.165, 1.54) is 36.4 Å². The first-order valence-electron chi connectivity index (χ1n) is 13.0. The van der Waals surface area contributed by atoms with Crippen LogP contribution in [-0.2, 0) is 22.1 Å². The maximum absolute atomic E-state index is 14.6. The van der Waals surface area contributed by atoms with E-state index < -0.39 is 54.8 Å². The fourth-order valence-electron chi connectivity index (χ4n) is 3.75. The van der Waals surface area contributed by atoms with Crippen molar-refractivity contribution in [1.82, 2.24) is 0 Å². The topological polar surface area (TPSA) is 96.8 Å². The standard InChI is InChI=1S/C30H30F6N2O4/c31-25-18-22(9-13-27(25)40-17-3-15-29(32,33)34)30(35,36)42-24-11-5-20(6-12-24)7-14-28(39)41-16-2-1-4-21-8-10-23(37)19-26(21)38/h5-14,18-19H,1-4,15-17,37-38H2/b14-7+. The first-order valence-corrected chi connectivity index (χ1v) is 13.0. The maximum Gasteiger partial charge on any atom is 0.426 e. The number of unbranched alkanes of at least 4 members (excludes halogenated alkanes) is 1. The molecule has 0 aliphatic rings. The lowest BCUT2D eigenvalue weighted by Crippen LogP contribution is -2.22. The van der Waals surface area contributed by atoms with Crippen LogP contribution in [0.3, 0.4) is 0 Å². The van der Waals surface area contributed by atoms with Crippen LogP contribution in [0.15, 0.2) is 66.7 Å². The van der Waals surface area contributed by atoms with Crippen LogP contribution in [0.5, 0.6) is 11.5 Å². The zero-order valence-electron chi connectivity index (χ0n) is 22.4. The van der Waals surface area contributed by atoms with Crippen LogP contribution in [0.4, 0.5) is 37.7 Å². The summed E-state index contributed by atoms with van der Waals surface area (Å²) in [5.41, 5.74) is 13.5. The summed E-state index contributed by atoms with van der Waals surface area (Å²) in [6, 6.07) is 12.9. The zero-order chi connectivity index (χ0) is 30.8. The quantitative estimate of drug-likeness (QED) is 0.0661. The molecule has 0 radical (unpaired) electrons. The van der Waals surface area contributed by atoms with E-state index in [9.17, 15) is 31.1 Å². The van der Waals surface area contributed by atoms with E-state index in [4.69, 9.17) is 25.7 Å². The van der Waals surface area contributed by atoms with Crippen molar-refractivity contribution >= 4 is 23.4 Å². The fraction of sp³-hybridized carbons (Fsp3) is 0.300. The number of nitrogen functional groups attached to an aromatic ring is 2. The van der Waals surface area contributed by atoms with Crippen LogP contribution in [0.1, 0.15) is 42.4 Å². The minimum atomic E-state index is -4.37. The molecule has 0 unspecified atom stereocenters. The summed E-state index contributed by atoms with van der Waals surface area (Å²) in [6.07, 6.45) is -5.05. The number of anilines is 2.